The zero-order valence-corrected chi connectivity index (χ0v) is 15.1. The number of hydrogen-bond acceptors (Lipinski definition) is 4. The van der Waals surface area contributed by atoms with E-state index in [1.807, 2.05) is 39.8 Å². The normalized spacial score (nSPS) is 11.5. The molecule has 3 rings (SSSR count). The topological polar surface area (TPSA) is 97.1 Å². The van der Waals surface area contributed by atoms with Gasteiger partial charge >= 0.3 is 5.97 Å². The maximum absolute atomic E-state index is 12.4. The lowest BCUT2D eigenvalue weighted by Gasteiger charge is -2.19. The smallest absolute Gasteiger partial charge is 0.357 e. The van der Waals surface area contributed by atoms with Crippen LogP contribution in [0.25, 0.3) is 11.0 Å². The third-order valence-corrected chi connectivity index (χ3v) is 3.92. The minimum Gasteiger partial charge on any atom is -0.476 e. The molecule has 0 radical (unpaired) electrons. The number of carboxylic acids is 1. The minimum atomic E-state index is -1.11. The van der Waals surface area contributed by atoms with Gasteiger partial charge in [-0.2, -0.15) is 5.10 Å². The summed E-state index contributed by atoms with van der Waals surface area (Å²) in [6.45, 7) is 7.67. The van der Waals surface area contributed by atoms with Crippen LogP contribution in [0.3, 0.4) is 0 Å². The Morgan fingerprint density at radius 1 is 1.08 bits per heavy atom. The molecule has 0 aliphatic carbocycles. The minimum absolute atomic E-state index is 0.0566. The van der Waals surface area contributed by atoms with Crippen LogP contribution in [0.1, 0.15) is 47.2 Å². The number of aromatic carboxylic acids is 1. The molecule has 2 N–H and O–H groups in total. The van der Waals surface area contributed by atoms with Gasteiger partial charge in [-0.1, -0.05) is 17.7 Å². The van der Waals surface area contributed by atoms with Crippen molar-refractivity contribution in [3.63, 3.8) is 0 Å². The van der Waals surface area contributed by atoms with E-state index in [1.165, 1.54) is 0 Å². The Labute approximate surface area is 150 Å². The van der Waals surface area contributed by atoms with Gasteiger partial charge in [-0.3, -0.25) is 4.79 Å². The van der Waals surface area contributed by atoms with Crippen molar-refractivity contribution < 1.29 is 14.7 Å². The number of hydrogen-bond donors (Lipinski definition) is 2. The monoisotopic (exact) mass is 352 g/mol. The lowest BCUT2D eigenvalue weighted by molar-refractivity contribution is 0.0690. The molecule has 134 valence electrons. The van der Waals surface area contributed by atoms with Crippen LogP contribution >= 0.6 is 0 Å². The summed E-state index contributed by atoms with van der Waals surface area (Å²) in [5.74, 6) is -1.06. The first-order chi connectivity index (χ1) is 12.2. The van der Waals surface area contributed by atoms with Crippen LogP contribution in [0.2, 0.25) is 0 Å². The molecule has 2 heterocycles. The predicted octanol–water partition coefficient (Wildman–Crippen LogP) is 3.45. The second-order valence-electron chi connectivity index (χ2n) is 7.12. The summed E-state index contributed by atoms with van der Waals surface area (Å²) in [6, 6.07) is 10.4. The average molecular weight is 352 g/mol. The highest BCUT2D eigenvalue weighted by molar-refractivity contribution is 6.05. The number of fused-ring (bicyclic) bond motifs is 1. The molecule has 0 fully saturated rings. The van der Waals surface area contributed by atoms with Gasteiger partial charge in [0.2, 0.25) is 0 Å². The number of rotatable bonds is 3. The number of aromatic nitrogens is 3. The zero-order valence-electron chi connectivity index (χ0n) is 15.1. The number of pyridine rings is 1. The van der Waals surface area contributed by atoms with E-state index in [2.05, 4.69) is 15.4 Å². The highest BCUT2D eigenvalue weighted by Gasteiger charge is 2.24. The van der Waals surface area contributed by atoms with E-state index in [4.69, 9.17) is 0 Å². The van der Waals surface area contributed by atoms with Crippen molar-refractivity contribution in [1.29, 1.82) is 0 Å². The van der Waals surface area contributed by atoms with Crippen LogP contribution in [0.15, 0.2) is 36.4 Å². The number of carboxylic acid groups (broad SMARTS) is 1. The van der Waals surface area contributed by atoms with E-state index < -0.39 is 11.5 Å². The van der Waals surface area contributed by atoms with Gasteiger partial charge in [0.15, 0.2) is 11.3 Å². The first-order valence-corrected chi connectivity index (χ1v) is 8.18. The van der Waals surface area contributed by atoms with Crippen molar-refractivity contribution >= 4 is 28.7 Å². The number of benzene rings is 1. The van der Waals surface area contributed by atoms with Crippen molar-refractivity contribution in [2.75, 3.05) is 5.32 Å². The number of amides is 1. The number of nitrogens with zero attached hydrogens (tertiary/aromatic N) is 3. The maximum Gasteiger partial charge on any atom is 0.357 e. The van der Waals surface area contributed by atoms with Gasteiger partial charge in [0.1, 0.15) is 5.82 Å². The van der Waals surface area contributed by atoms with Gasteiger partial charge in [-0.25, -0.2) is 14.5 Å². The SMILES string of the molecule is Cc1ccc(C(=O)Nc2ccc3c(C(=O)O)nn(C(C)(C)C)c3n2)cc1. The molecule has 0 aliphatic rings. The van der Waals surface area contributed by atoms with Gasteiger partial charge < -0.3 is 10.4 Å². The highest BCUT2D eigenvalue weighted by Crippen LogP contribution is 2.25. The van der Waals surface area contributed by atoms with Crippen LogP contribution in [-0.4, -0.2) is 31.7 Å². The molecule has 0 saturated carbocycles. The third-order valence-electron chi connectivity index (χ3n) is 3.92. The van der Waals surface area contributed by atoms with E-state index in [0.717, 1.165) is 5.56 Å². The number of carbonyl (C=O) groups excluding carboxylic acids is 1. The Morgan fingerprint density at radius 2 is 1.73 bits per heavy atom. The predicted molar refractivity (Wildman–Crippen MR) is 98.6 cm³/mol. The fraction of sp³-hybridized carbons (Fsp3) is 0.263. The molecule has 1 amide bonds. The van der Waals surface area contributed by atoms with Crippen molar-refractivity contribution in [3.05, 3.63) is 53.2 Å². The molecule has 3 aromatic rings. The first-order valence-electron chi connectivity index (χ1n) is 8.18. The number of aryl methyl sites for hydroxylation is 1. The Bertz CT molecular complexity index is 998. The van der Waals surface area contributed by atoms with Crippen molar-refractivity contribution in [3.8, 4) is 0 Å². The molecule has 0 atom stereocenters. The highest BCUT2D eigenvalue weighted by atomic mass is 16.4. The molecule has 26 heavy (non-hydrogen) atoms. The molecule has 2 aromatic heterocycles. The van der Waals surface area contributed by atoms with Crippen LogP contribution in [0.5, 0.6) is 0 Å². The molecule has 0 spiro atoms. The lowest BCUT2D eigenvalue weighted by Crippen LogP contribution is -2.24. The Morgan fingerprint density at radius 3 is 2.31 bits per heavy atom. The Balaban J connectivity index is 2.01. The number of nitrogens with one attached hydrogen (secondary N) is 1. The second kappa shape index (κ2) is 6.25. The first kappa shape index (κ1) is 17.6. The van der Waals surface area contributed by atoms with Crippen molar-refractivity contribution in [2.24, 2.45) is 0 Å². The third kappa shape index (κ3) is 3.28. The average Bonchev–Trinajstić information content (AvgIpc) is 2.94. The standard InChI is InChI=1S/C19H20N4O3/c1-11-5-7-12(8-6-11)17(24)21-14-10-9-13-15(18(25)26)22-23(16(13)20-14)19(2,3)4/h5-10H,1-4H3,(H,25,26)(H,20,21,24). The summed E-state index contributed by atoms with van der Waals surface area (Å²) >= 11 is 0. The van der Waals surface area contributed by atoms with Crippen LogP contribution < -0.4 is 5.32 Å². The fourth-order valence-electron chi connectivity index (χ4n) is 2.58. The molecule has 1 aromatic carbocycles. The van der Waals surface area contributed by atoms with Gasteiger partial charge in [0.05, 0.1) is 10.9 Å². The summed E-state index contributed by atoms with van der Waals surface area (Å²) < 4.78 is 1.56. The van der Waals surface area contributed by atoms with E-state index in [0.29, 0.717) is 22.4 Å². The number of anilines is 1. The summed E-state index contributed by atoms with van der Waals surface area (Å²) in [4.78, 5) is 28.3. The second-order valence-corrected chi connectivity index (χ2v) is 7.12. The lowest BCUT2D eigenvalue weighted by atomic mass is 10.1. The molecule has 0 unspecified atom stereocenters. The molecule has 0 bridgehead atoms. The van der Waals surface area contributed by atoms with Crippen molar-refractivity contribution in [1.82, 2.24) is 14.8 Å². The summed E-state index contributed by atoms with van der Waals surface area (Å²) in [7, 11) is 0. The molecule has 0 aliphatic heterocycles. The Hall–Kier alpha value is -3.22. The van der Waals surface area contributed by atoms with E-state index >= 15 is 0 Å². The van der Waals surface area contributed by atoms with Crippen molar-refractivity contribution in [2.45, 2.75) is 33.2 Å². The molecule has 0 saturated heterocycles. The van der Waals surface area contributed by atoms with Gasteiger partial charge in [0, 0.05) is 5.56 Å². The summed E-state index contributed by atoms with van der Waals surface area (Å²) in [6.07, 6.45) is 0. The Kier molecular flexibility index (Phi) is 4.23. The van der Waals surface area contributed by atoms with Crippen LogP contribution in [0.4, 0.5) is 5.82 Å². The van der Waals surface area contributed by atoms with E-state index in [9.17, 15) is 14.7 Å². The van der Waals surface area contributed by atoms with Gasteiger partial charge in [-0.05, 0) is 52.0 Å². The van der Waals surface area contributed by atoms with Gasteiger partial charge in [-0.15, -0.1) is 0 Å². The fourth-order valence-corrected chi connectivity index (χ4v) is 2.58. The molecule has 7 heteroatoms. The van der Waals surface area contributed by atoms with Gasteiger partial charge in [0.25, 0.3) is 5.91 Å². The molecular formula is C19H20N4O3. The largest absolute Gasteiger partial charge is 0.476 e. The molecule has 7 nitrogen and oxygen atoms in total. The van der Waals surface area contributed by atoms with Crippen LogP contribution in [-0.2, 0) is 5.54 Å². The summed E-state index contributed by atoms with van der Waals surface area (Å²) in [5, 5.41) is 16.7. The quantitative estimate of drug-likeness (QED) is 0.752. The number of carbonyl (C=O) groups is 2. The zero-order chi connectivity index (χ0) is 19.1. The van der Waals surface area contributed by atoms with E-state index in [-0.39, 0.29) is 11.6 Å². The van der Waals surface area contributed by atoms with E-state index in [1.54, 1.807) is 28.9 Å². The van der Waals surface area contributed by atoms with Crippen LogP contribution in [0, 0.1) is 6.92 Å². The molecular weight excluding hydrogens is 332 g/mol. The maximum atomic E-state index is 12.4. The summed E-state index contributed by atoms with van der Waals surface area (Å²) in [5.41, 5.74) is 1.48.